The topological polar surface area (TPSA) is 34.6 Å². The van der Waals surface area contributed by atoms with Crippen LogP contribution < -0.4 is 5.06 Å². The summed E-state index contributed by atoms with van der Waals surface area (Å²) in [6, 6.07) is 16.9. The zero-order chi connectivity index (χ0) is 23.4. The minimum atomic E-state index is -2.52. The Labute approximate surface area is 205 Å². The molecule has 1 aliphatic heterocycles. The zero-order valence-electron chi connectivity index (χ0n) is 21.0. The summed E-state index contributed by atoms with van der Waals surface area (Å²) in [6.45, 7) is 9.26. The minimum absolute atomic E-state index is 0.269. The van der Waals surface area contributed by atoms with Gasteiger partial charge in [-0.25, -0.2) is 0 Å². The number of benzene rings is 1. The Bertz CT molecular complexity index is 752. The van der Waals surface area contributed by atoms with Crippen molar-refractivity contribution in [2.24, 2.45) is 0 Å². The molecule has 0 spiro atoms. The molecule has 1 saturated heterocycles. The summed E-state index contributed by atoms with van der Waals surface area (Å²) in [5.41, 5.74) is 1.23. The van der Waals surface area contributed by atoms with Crippen molar-refractivity contribution >= 4 is 24.2 Å². The van der Waals surface area contributed by atoms with Gasteiger partial charge in [-0.1, -0.05) is 0 Å². The SMILES string of the molecule is CCC[CH2][Sn]([CH2]CCC)([CH2]CCC)[C@@H]1CON(c2ccccn2)[C@@H]1COCc1ccccc1. The normalized spacial score (nSPS) is 18.7. The molecule has 33 heavy (non-hydrogen) atoms. The van der Waals surface area contributed by atoms with Crippen LogP contribution in [0.15, 0.2) is 54.7 Å². The van der Waals surface area contributed by atoms with Crippen LogP contribution in [0, 0.1) is 0 Å². The molecule has 0 bridgehead atoms. The molecule has 2 heterocycles. The summed E-state index contributed by atoms with van der Waals surface area (Å²) < 4.78 is 11.5. The van der Waals surface area contributed by atoms with E-state index in [0.29, 0.717) is 17.1 Å². The van der Waals surface area contributed by atoms with Crippen molar-refractivity contribution in [2.45, 2.75) is 89.2 Å². The van der Waals surface area contributed by atoms with Crippen molar-refractivity contribution in [1.82, 2.24) is 4.98 Å². The summed E-state index contributed by atoms with van der Waals surface area (Å²) in [4.78, 5) is 11.1. The van der Waals surface area contributed by atoms with Crippen molar-refractivity contribution in [3.8, 4) is 0 Å². The third-order valence-electron chi connectivity index (χ3n) is 7.31. The van der Waals surface area contributed by atoms with Gasteiger partial charge in [-0.15, -0.1) is 0 Å². The Hall–Kier alpha value is -1.11. The van der Waals surface area contributed by atoms with Crippen molar-refractivity contribution in [3.63, 3.8) is 0 Å². The first-order chi connectivity index (χ1) is 16.2. The molecule has 1 fully saturated rings. The van der Waals surface area contributed by atoms with E-state index in [9.17, 15) is 0 Å². The Morgan fingerprint density at radius 1 is 0.909 bits per heavy atom. The molecule has 1 aromatic heterocycles. The zero-order valence-corrected chi connectivity index (χ0v) is 23.9. The first-order valence-corrected chi connectivity index (χ1v) is 20.9. The van der Waals surface area contributed by atoms with Crippen LogP contribution in [0.5, 0.6) is 0 Å². The molecule has 1 aliphatic rings. The maximum atomic E-state index is 6.46. The van der Waals surface area contributed by atoms with E-state index in [4.69, 9.17) is 9.57 Å². The molecule has 5 heteroatoms. The molecule has 0 N–H and O–H groups in total. The monoisotopic (exact) mass is 560 g/mol. The number of hydroxylamine groups is 1. The van der Waals surface area contributed by atoms with Crippen LogP contribution in [-0.4, -0.2) is 42.6 Å². The number of hydrogen-bond donors (Lipinski definition) is 0. The summed E-state index contributed by atoms with van der Waals surface area (Å²) in [5.74, 6) is 0.926. The fourth-order valence-corrected chi connectivity index (χ4v) is 24.0. The molecule has 182 valence electrons. The van der Waals surface area contributed by atoms with Crippen molar-refractivity contribution in [1.29, 1.82) is 0 Å². The molecule has 1 aromatic carbocycles. The fraction of sp³-hybridized carbons (Fsp3) is 0.607. The first kappa shape index (κ1) is 26.5. The van der Waals surface area contributed by atoms with Crippen LogP contribution in [0.4, 0.5) is 5.82 Å². The number of unbranched alkanes of at least 4 members (excludes halogenated alkanes) is 3. The Balaban J connectivity index is 1.86. The van der Waals surface area contributed by atoms with E-state index >= 15 is 0 Å². The third-order valence-corrected chi connectivity index (χ3v) is 24.9. The number of aromatic nitrogens is 1. The number of nitrogens with zero attached hydrogens (tertiary/aromatic N) is 2. The summed E-state index contributed by atoms with van der Waals surface area (Å²) >= 11 is -2.52. The molecular weight excluding hydrogens is 515 g/mol. The predicted octanol–water partition coefficient (Wildman–Crippen LogP) is 7.64. The average molecular weight is 559 g/mol. The quantitative estimate of drug-likeness (QED) is 0.210. The van der Waals surface area contributed by atoms with Gasteiger partial charge >= 0.3 is 207 Å². The van der Waals surface area contributed by atoms with E-state index in [2.05, 4.69) is 73.3 Å². The number of anilines is 1. The van der Waals surface area contributed by atoms with Gasteiger partial charge in [0, 0.05) is 0 Å². The second-order valence-electron chi connectivity index (χ2n) is 9.66. The van der Waals surface area contributed by atoms with Crippen LogP contribution in [-0.2, 0) is 16.2 Å². The molecule has 2 aromatic rings. The van der Waals surface area contributed by atoms with E-state index in [1.165, 1.54) is 57.4 Å². The summed E-state index contributed by atoms with van der Waals surface area (Å²) in [6.07, 6.45) is 9.89. The molecule has 0 aliphatic carbocycles. The standard InChI is InChI=1S/C16H17N2O2.3C4H9.Sn/c1-2-6-14(7-3-1)12-19-13-15-9-11-20-18(15)16-8-4-5-10-17-16;3*1-3-4-2;/h1-10,15H,11-13H2;3*1,3-4H2,2H3;/t15-;;;;/m0..../s1. The second kappa shape index (κ2) is 14.3. The fourth-order valence-electron chi connectivity index (χ4n) is 5.41. The van der Waals surface area contributed by atoms with E-state index in [0.717, 1.165) is 12.4 Å². The first-order valence-electron chi connectivity index (χ1n) is 13.2. The Kier molecular flexibility index (Phi) is 11.5. The van der Waals surface area contributed by atoms with Gasteiger partial charge in [0.05, 0.1) is 0 Å². The number of rotatable bonds is 15. The maximum absolute atomic E-state index is 6.46. The van der Waals surface area contributed by atoms with Crippen LogP contribution in [0.25, 0.3) is 0 Å². The van der Waals surface area contributed by atoms with Gasteiger partial charge in [0.1, 0.15) is 0 Å². The molecule has 0 radical (unpaired) electrons. The average Bonchev–Trinajstić information content (AvgIpc) is 3.29. The van der Waals surface area contributed by atoms with Crippen LogP contribution in [0.1, 0.15) is 64.9 Å². The van der Waals surface area contributed by atoms with E-state index in [1.807, 2.05) is 12.3 Å². The Morgan fingerprint density at radius 3 is 2.12 bits per heavy atom. The van der Waals surface area contributed by atoms with Gasteiger partial charge in [0.25, 0.3) is 0 Å². The molecule has 0 unspecified atom stereocenters. The second-order valence-corrected chi connectivity index (χ2v) is 23.8. The Morgan fingerprint density at radius 2 is 1.55 bits per heavy atom. The van der Waals surface area contributed by atoms with Crippen molar-refractivity contribution in [2.75, 3.05) is 18.3 Å². The summed E-state index contributed by atoms with van der Waals surface area (Å²) in [7, 11) is 0. The molecule has 3 rings (SSSR count). The van der Waals surface area contributed by atoms with Gasteiger partial charge in [-0.3, -0.25) is 0 Å². The predicted molar refractivity (Wildman–Crippen MR) is 141 cm³/mol. The number of hydrogen-bond acceptors (Lipinski definition) is 4. The molecule has 2 atom stereocenters. The van der Waals surface area contributed by atoms with Crippen LogP contribution in [0.2, 0.25) is 17.2 Å². The van der Waals surface area contributed by atoms with Gasteiger partial charge in [-0.05, 0) is 0 Å². The van der Waals surface area contributed by atoms with E-state index < -0.39 is 18.4 Å². The molecule has 0 saturated carbocycles. The third kappa shape index (κ3) is 7.43. The molecular formula is C28H44N2O2Sn. The van der Waals surface area contributed by atoms with Crippen molar-refractivity contribution < 1.29 is 9.57 Å². The van der Waals surface area contributed by atoms with Crippen LogP contribution in [0.3, 0.4) is 0 Å². The van der Waals surface area contributed by atoms with Gasteiger partial charge in [0.2, 0.25) is 0 Å². The summed E-state index contributed by atoms with van der Waals surface area (Å²) in [5, 5.41) is 2.12. The van der Waals surface area contributed by atoms with Crippen LogP contribution >= 0.6 is 0 Å². The van der Waals surface area contributed by atoms with Gasteiger partial charge in [-0.2, -0.15) is 0 Å². The van der Waals surface area contributed by atoms with Gasteiger partial charge in [0.15, 0.2) is 0 Å². The number of ether oxygens (including phenoxy) is 1. The molecule has 4 nitrogen and oxygen atoms in total. The number of pyridine rings is 1. The van der Waals surface area contributed by atoms with E-state index in [1.54, 1.807) is 0 Å². The molecule has 0 amide bonds. The van der Waals surface area contributed by atoms with Crippen molar-refractivity contribution in [3.05, 3.63) is 60.3 Å². The van der Waals surface area contributed by atoms with E-state index in [-0.39, 0.29) is 6.04 Å². The van der Waals surface area contributed by atoms with Gasteiger partial charge < -0.3 is 0 Å².